The molecule has 0 aromatic heterocycles. The first-order valence-corrected chi connectivity index (χ1v) is 5.30. The SMILES string of the molecule is C=C(C)CCN(CCC#N)CC(C)C. The van der Waals surface area contributed by atoms with E-state index in [1.165, 1.54) is 5.57 Å². The Kier molecular flexibility index (Phi) is 7.14. The summed E-state index contributed by atoms with van der Waals surface area (Å²) in [5.74, 6) is 0.666. The Balaban J connectivity index is 3.85. The van der Waals surface area contributed by atoms with E-state index in [2.05, 4.69) is 38.3 Å². The Morgan fingerprint density at radius 1 is 1.43 bits per heavy atom. The van der Waals surface area contributed by atoms with Gasteiger partial charge in [-0.2, -0.15) is 5.26 Å². The van der Waals surface area contributed by atoms with Crippen LogP contribution in [0.2, 0.25) is 0 Å². The Morgan fingerprint density at radius 3 is 2.50 bits per heavy atom. The number of rotatable bonds is 7. The van der Waals surface area contributed by atoms with Crippen LogP contribution in [0.5, 0.6) is 0 Å². The molecule has 0 aliphatic rings. The molecule has 2 nitrogen and oxygen atoms in total. The summed E-state index contributed by atoms with van der Waals surface area (Å²) < 4.78 is 0. The predicted octanol–water partition coefficient (Wildman–Crippen LogP) is 2.82. The van der Waals surface area contributed by atoms with Crippen LogP contribution in [0.1, 0.15) is 33.6 Å². The van der Waals surface area contributed by atoms with E-state index in [4.69, 9.17) is 5.26 Å². The molecule has 0 aliphatic carbocycles. The van der Waals surface area contributed by atoms with E-state index in [0.717, 1.165) is 26.1 Å². The summed E-state index contributed by atoms with van der Waals surface area (Å²) in [6.07, 6.45) is 1.67. The molecule has 0 spiro atoms. The van der Waals surface area contributed by atoms with Crippen molar-refractivity contribution in [2.45, 2.75) is 33.6 Å². The fourth-order valence-electron chi connectivity index (χ4n) is 1.37. The summed E-state index contributed by atoms with van der Waals surface area (Å²) in [6, 6.07) is 2.19. The topological polar surface area (TPSA) is 27.0 Å². The van der Waals surface area contributed by atoms with Crippen molar-refractivity contribution >= 4 is 0 Å². The predicted molar refractivity (Wildman–Crippen MR) is 60.9 cm³/mol. The third-order valence-electron chi connectivity index (χ3n) is 2.02. The maximum absolute atomic E-state index is 8.53. The van der Waals surface area contributed by atoms with Gasteiger partial charge < -0.3 is 4.90 Å². The van der Waals surface area contributed by atoms with Gasteiger partial charge >= 0.3 is 0 Å². The molecule has 0 heterocycles. The largest absolute Gasteiger partial charge is 0.302 e. The van der Waals surface area contributed by atoms with Crippen molar-refractivity contribution in [3.63, 3.8) is 0 Å². The highest BCUT2D eigenvalue weighted by molar-refractivity contribution is 4.89. The second-order valence-corrected chi connectivity index (χ2v) is 4.31. The second-order valence-electron chi connectivity index (χ2n) is 4.31. The van der Waals surface area contributed by atoms with E-state index >= 15 is 0 Å². The third kappa shape index (κ3) is 7.82. The Bertz CT molecular complexity index is 201. The third-order valence-corrected chi connectivity index (χ3v) is 2.02. The highest BCUT2D eigenvalue weighted by atomic mass is 15.1. The van der Waals surface area contributed by atoms with Crippen LogP contribution < -0.4 is 0 Å². The zero-order valence-electron chi connectivity index (χ0n) is 9.71. The zero-order valence-corrected chi connectivity index (χ0v) is 9.71. The maximum atomic E-state index is 8.53. The first-order chi connectivity index (χ1) is 6.56. The van der Waals surface area contributed by atoms with E-state index < -0.39 is 0 Å². The van der Waals surface area contributed by atoms with Crippen molar-refractivity contribution in [2.75, 3.05) is 19.6 Å². The quantitative estimate of drug-likeness (QED) is 0.583. The molecule has 0 bridgehead atoms. The minimum absolute atomic E-state index is 0.628. The molecule has 2 heteroatoms. The van der Waals surface area contributed by atoms with E-state index in [1.54, 1.807) is 0 Å². The van der Waals surface area contributed by atoms with Gasteiger partial charge in [-0.3, -0.25) is 0 Å². The van der Waals surface area contributed by atoms with E-state index in [-0.39, 0.29) is 0 Å². The monoisotopic (exact) mass is 194 g/mol. The van der Waals surface area contributed by atoms with Crippen molar-refractivity contribution in [3.05, 3.63) is 12.2 Å². The van der Waals surface area contributed by atoms with Gasteiger partial charge in [0.2, 0.25) is 0 Å². The fraction of sp³-hybridized carbons (Fsp3) is 0.750. The minimum Gasteiger partial charge on any atom is -0.302 e. The summed E-state index contributed by atoms with van der Waals surface area (Å²) in [5, 5.41) is 8.53. The maximum Gasteiger partial charge on any atom is 0.0635 e. The molecular weight excluding hydrogens is 172 g/mol. The molecular formula is C12H22N2. The standard InChI is InChI=1S/C12H22N2/c1-11(2)6-9-14(8-5-7-13)10-12(3)4/h12H,1,5-6,8-10H2,2-4H3. The van der Waals surface area contributed by atoms with Crippen LogP contribution in [-0.2, 0) is 0 Å². The first-order valence-electron chi connectivity index (χ1n) is 5.30. The summed E-state index contributed by atoms with van der Waals surface area (Å²) in [7, 11) is 0. The molecule has 14 heavy (non-hydrogen) atoms. The lowest BCUT2D eigenvalue weighted by atomic mass is 10.1. The molecule has 0 N–H and O–H groups in total. The van der Waals surface area contributed by atoms with Gasteiger partial charge in [-0.1, -0.05) is 19.4 Å². The first kappa shape index (κ1) is 13.2. The smallest absolute Gasteiger partial charge is 0.0635 e. The molecule has 0 aliphatic heterocycles. The molecule has 0 radical (unpaired) electrons. The van der Waals surface area contributed by atoms with Crippen LogP contribution in [0.3, 0.4) is 0 Å². The molecule has 0 saturated heterocycles. The molecule has 0 unspecified atom stereocenters. The summed E-state index contributed by atoms with van der Waals surface area (Å²) >= 11 is 0. The van der Waals surface area contributed by atoms with Gasteiger partial charge in [0.15, 0.2) is 0 Å². The summed E-state index contributed by atoms with van der Waals surface area (Å²) in [6.45, 7) is 13.4. The van der Waals surface area contributed by atoms with Crippen molar-refractivity contribution in [1.82, 2.24) is 4.90 Å². The van der Waals surface area contributed by atoms with Gasteiger partial charge in [0.05, 0.1) is 6.07 Å². The lowest BCUT2D eigenvalue weighted by molar-refractivity contribution is 0.252. The Labute approximate surface area is 88.2 Å². The molecule has 0 aromatic rings. The number of nitrogens with zero attached hydrogens (tertiary/aromatic N) is 2. The second kappa shape index (κ2) is 7.58. The fourth-order valence-corrected chi connectivity index (χ4v) is 1.37. The van der Waals surface area contributed by atoms with Crippen LogP contribution in [0.4, 0.5) is 0 Å². The average molecular weight is 194 g/mol. The minimum atomic E-state index is 0.628. The highest BCUT2D eigenvalue weighted by Crippen LogP contribution is 2.04. The average Bonchev–Trinajstić information content (AvgIpc) is 2.09. The molecule has 0 rings (SSSR count). The molecule has 0 amide bonds. The highest BCUT2D eigenvalue weighted by Gasteiger charge is 2.06. The van der Waals surface area contributed by atoms with Gasteiger partial charge in [-0.05, 0) is 19.3 Å². The van der Waals surface area contributed by atoms with Crippen molar-refractivity contribution in [2.24, 2.45) is 5.92 Å². The van der Waals surface area contributed by atoms with Gasteiger partial charge in [0, 0.05) is 26.1 Å². The van der Waals surface area contributed by atoms with E-state index in [1.807, 2.05) is 0 Å². The Hall–Kier alpha value is -0.810. The molecule has 0 atom stereocenters. The van der Waals surface area contributed by atoms with Crippen LogP contribution in [0.15, 0.2) is 12.2 Å². The Morgan fingerprint density at radius 2 is 2.07 bits per heavy atom. The number of hydrogen-bond donors (Lipinski definition) is 0. The van der Waals surface area contributed by atoms with Gasteiger partial charge in [-0.25, -0.2) is 0 Å². The van der Waals surface area contributed by atoms with Gasteiger partial charge in [-0.15, -0.1) is 6.58 Å². The van der Waals surface area contributed by atoms with E-state index in [0.29, 0.717) is 12.3 Å². The lowest BCUT2D eigenvalue weighted by Gasteiger charge is -2.23. The van der Waals surface area contributed by atoms with Crippen molar-refractivity contribution < 1.29 is 0 Å². The van der Waals surface area contributed by atoms with Crippen LogP contribution in [0, 0.1) is 17.2 Å². The summed E-state index contributed by atoms with van der Waals surface area (Å²) in [5.41, 5.74) is 1.22. The van der Waals surface area contributed by atoms with E-state index in [9.17, 15) is 0 Å². The van der Waals surface area contributed by atoms with Gasteiger partial charge in [0.1, 0.15) is 0 Å². The van der Waals surface area contributed by atoms with Crippen LogP contribution in [-0.4, -0.2) is 24.5 Å². The van der Waals surface area contributed by atoms with Crippen molar-refractivity contribution in [3.8, 4) is 6.07 Å². The normalized spacial score (nSPS) is 10.6. The van der Waals surface area contributed by atoms with Crippen LogP contribution in [0.25, 0.3) is 0 Å². The molecule has 0 saturated carbocycles. The number of hydrogen-bond acceptors (Lipinski definition) is 2. The number of nitriles is 1. The molecule has 80 valence electrons. The van der Waals surface area contributed by atoms with Gasteiger partial charge in [0.25, 0.3) is 0 Å². The van der Waals surface area contributed by atoms with Crippen molar-refractivity contribution in [1.29, 1.82) is 5.26 Å². The lowest BCUT2D eigenvalue weighted by Crippen LogP contribution is -2.29. The molecule has 0 fully saturated rings. The van der Waals surface area contributed by atoms with Crippen LogP contribution >= 0.6 is 0 Å². The molecule has 0 aromatic carbocycles. The summed E-state index contributed by atoms with van der Waals surface area (Å²) in [4.78, 5) is 2.35. The zero-order chi connectivity index (χ0) is 11.0.